The fourth-order valence-corrected chi connectivity index (χ4v) is 3.49. The van der Waals surface area contributed by atoms with E-state index in [1.54, 1.807) is 0 Å². The lowest BCUT2D eigenvalue weighted by Crippen LogP contribution is -2.34. The van der Waals surface area contributed by atoms with Gasteiger partial charge in [-0.25, -0.2) is 0 Å². The fourth-order valence-electron chi connectivity index (χ4n) is 2.51. The molecular weight excluding hydrogens is 311 g/mol. The van der Waals surface area contributed by atoms with Gasteiger partial charge < -0.3 is 4.74 Å². The van der Waals surface area contributed by atoms with Gasteiger partial charge >= 0.3 is 0 Å². The van der Waals surface area contributed by atoms with Crippen LogP contribution in [0.3, 0.4) is 0 Å². The normalized spacial score (nSPS) is 20.6. The molecule has 96 valence electrons. The van der Waals surface area contributed by atoms with Gasteiger partial charge in [0.2, 0.25) is 0 Å². The van der Waals surface area contributed by atoms with Gasteiger partial charge in [-0.3, -0.25) is 0 Å². The van der Waals surface area contributed by atoms with Crippen molar-refractivity contribution < 1.29 is 4.74 Å². The second-order valence-corrected chi connectivity index (χ2v) is 5.90. The maximum atomic E-state index is 6.24. The summed E-state index contributed by atoms with van der Waals surface area (Å²) in [5.74, 6) is 0. The number of alkyl halides is 1. The molecule has 0 heterocycles. The van der Waals surface area contributed by atoms with Gasteiger partial charge in [0, 0.05) is 11.0 Å². The van der Waals surface area contributed by atoms with E-state index in [0.29, 0.717) is 0 Å². The molecule has 0 aromatic carbocycles. The molecule has 0 bridgehead atoms. The van der Waals surface area contributed by atoms with Crippen LogP contribution in [0.25, 0.3) is 0 Å². The van der Waals surface area contributed by atoms with Crippen molar-refractivity contribution in [2.24, 2.45) is 0 Å². The molecule has 1 nitrogen and oxygen atoms in total. The highest BCUT2D eigenvalue weighted by Gasteiger charge is 2.30. The Bertz CT molecular complexity index is 162. The molecule has 0 aromatic heterocycles. The van der Waals surface area contributed by atoms with E-state index >= 15 is 0 Å². The van der Waals surface area contributed by atoms with Gasteiger partial charge in [0.25, 0.3) is 0 Å². The smallest absolute Gasteiger partial charge is 0.0771 e. The summed E-state index contributed by atoms with van der Waals surface area (Å²) >= 11 is 2.52. The van der Waals surface area contributed by atoms with Crippen LogP contribution in [-0.4, -0.2) is 16.6 Å². The molecule has 0 aromatic rings. The van der Waals surface area contributed by atoms with Gasteiger partial charge in [-0.2, -0.15) is 0 Å². The molecule has 0 N–H and O–H groups in total. The molecular formula is C14H27IO. The molecule has 1 aliphatic carbocycles. The van der Waals surface area contributed by atoms with Gasteiger partial charge in [0.15, 0.2) is 0 Å². The summed E-state index contributed by atoms with van der Waals surface area (Å²) in [6, 6.07) is 0. The Labute approximate surface area is 115 Å². The van der Waals surface area contributed by atoms with Gasteiger partial charge in [0.1, 0.15) is 0 Å². The minimum absolute atomic E-state index is 0.239. The summed E-state index contributed by atoms with van der Waals surface area (Å²) < 4.78 is 7.42. The third kappa shape index (κ3) is 5.35. The van der Waals surface area contributed by atoms with Crippen molar-refractivity contribution in [1.29, 1.82) is 0 Å². The molecule has 1 rings (SSSR count). The van der Waals surface area contributed by atoms with E-state index in [9.17, 15) is 0 Å². The fraction of sp³-hybridized carbons (Fsp3) is 1.00. The zero-order valence-electron chi connectivity index (χ0n) is 10.8. The number of hydrogen-bond donors (Lipinski definition) is 0. The first-order valence-electron chi connectivity index (χ1n) is 7.03. The number of hydrogen-bond acceptors (Lipinski definition) is 1. The van der Waals surface area contributed by atoms with E-state index in [2.05, 4.69) is 29.5 Å². The standard InChI is InChI=1S/C14H27IO/c1-2-3-4-9-12-16-14(13-15)10-7-5-6-8-11-14/h2-13H2,1H3. The van der Waals surface area contributed by atoms with Gasteiger partial charge in [0.05, 0.1) is 5.60 Å². The molecule has 0 spiro atoms. The van der Waals surface area contributed by atoms with Crippen LogP contribution in [0.1, 0.15) is 71.1 Å². The highest BCUT2D eigenvalue weighted by molar-refractivity contribution is 14.1. The lowest BCUT2D eigenvalue weighted by Gasteiger charge is -2.31. The number of halogens is 1. The van der Waals surface area contributed by atoms with Crippen LogP contribution in [0.15, 0.2) is 0 Å². The SMILES string of the molecule is CCCCCCOC1(CI)CCCCCC1. The van der Waals surface area contributed by atoms with Crippen molar-refractivity contribution in [3.63, 3.8) is 0 Å². The molecule has 0 unspecified atom stereocenters. The summed E-state index contributed by atoms with van der Waals surface area (Å²) in [5.41, 5.74) is 0.239. The Morgan fingerprint density at radius 3 is 2.25 bits per heavy atom. The monoisotopic (exact) mass is 338 g/mol. The largest absolute Gasteiger partial charge is 0.374 e. The summed E-state index contributed by atoms with van der Waals surface area (Å²) in [5, 5.41) is 0. The Morgan fingerprint density at radius 1 is 1.00 bits per heavy atom. The van der Waals surface area contributed by atoms with Crippen molar-refractivity contribution in [3.8, 4) is 0 Å². The molecule has 0 amide bonds. The first-order valence-corrected chi connectivity index (χ1v) is 8.55. The highest BCUT2D eigenvalue weighted by Crippen LogP contribution is 2.32. The lowest BCUT2D eigenvalue weighted by atomic mass is 9.97. The van der Waals surface area contributed by atoms with Crippen LogP contribution < -0.4 is 0 Å². The van der Waals surface area contributed by atoms with Gasteiger partial charge in [-0.15, -0.1) is 0 Å². The minimum atomic E-state index is 0.239. The van der Waals surface area contributed by atoms with Crippen molar-refractivity contribution >= 4 is 22.6 Å². The third-order valence-electron chi connectivity index (χ3n) is 3.66. The minimum Gasteiger partial charge on any atom is -0.374 e. The van der Waals surface area contributed by atoms with Crippen LogP contribution in [-0.2, 0) is 4.74 Å². The first kappa shape index (κ1) is 14.7. The quantitative estimate of drug-likeness (QED) is 0.271. The van der Waals surface area contributed by atoms with E-state index in [-0.39, 0.29) is 5.60 Å². The predicted octanol–water partition coefficient (Wildman–Crippen LogP) is 5.11. The van der Waals surface area contributed by atoms with Crippen molar-refractivity contribution in [3.05, 3.63) is 0 Å². The Morgan fingerprint density at radius 2 is 1.69 bits per heavy atom. The molecule has 0 aliphatic heterocycles. The molecule has 2 heteroatoms. The van der Waals surface area contributed by atoms with Gasteiger partial charge in [-0.1, -0.05) is 74.5 Å². The Hall–Kier alpha value is 0.690. The second kappa shape index (κ2) is 8.73. The van der Waals surface area contributed by atoms with Crippen molar-refractivity contribution in [2.75, 3.05) is 11.0 Å². The zero-order valence-corrected chi connectivity index (χ0v) is 12.9. The first-order chi connectivity index (χ1) is 7.83. The molecule has 1 aliphatic rings. The molecule has 16 heavy (non-hydrogen) atoms. The van der Waals surface area contributed by atoms with Crippen LogP contribution in [0, 0.1) is 0 Å². The second-order valence-electron chi connectivity index (χ2n) is 5.14. The lowest BCUT2D eigenvalue weighted by molar-refractivity contribution is -0.0375. The Kier molecular flexibility index (Phi) is 8.05. The summed E-state index contributed by atoms with van der Waals surface area (Å²) in [6.07, 6.45) is 13.4. The number of rotatable bonds is 7. The molecule has 1 saturated carbocycles. The van der Waals surface area contributed by atoms with Crippen molar-refractivity contribution in [1.82, 2.24) is 0 Å². The topological polar surface area (TPSA) is 9.23 Å². The average molecular weight is 338 g/mol. The zero-order chi connectivity index (χ0) is 11.7. The molecule has 0 saturated heterocycles. The van der Waals surface area contributed by atoms with Crippen molar-refractivity contribution in [2.45, 2.75) is 76.7 Å². The Balaban J connectivity index is 2.22. The van der Waals surface area contributed by atoms with E-state index in [0.717, 1.165) is 6.61 Å². The summed E-state index contributed by atoms with van der Waals surface area (Å²) in [6.45, 7) is 3.25. The molecule has 0 radical (unpaired) electrons. The van der Waals surface area contributed by atoms with Crippen LogP contribution in [0.5, 0.6) is 0 Å². The van der Waals surface area contributed by atoms with E-state index in [4.69, 9.17) is 4.74 Å². The third-order valence-corrected chi connectivity index (χ3v) is 5.05. The number of unbranched alkanes of at least 4 members (excludes halogenated alkanes) is 3. The maximum Gasteiger partial charge on any atom is 0.0771 e. The highest BCUT2D eigenvalue weighted by atomic mass is 127. The summed E-state index contributed by atoms with van der Waals surface area (Å²) in [4.78, 5) is 0. The van der Waals surface area contributed by atoms with Crippen LogP contribution in [0.2, 0.25) is 0 Å². The number of ether oxygens (including phenoxy) is 1. The predicted molar refractivity (Wildman–Crippen MR) is 79.4 cm³/mol. The van der Waals surface area contributed by atoms with Crippen LogP contribution >= 0.6 is 22.6 Å². The van der Waals surface area contributed by atoms with E-state index < -0.39 is 0 Å². The van der Waals surface area contributed by atoms with Gasteiger partial charge in [-0.05, 0) is 19.3 Å². The van der Waals surface area contributed by atoms with E-state index in [1.165, 1.54) is 68.6 Å². The maximum absolute atomic E-state index is 6.24. The van der Waals surface area contributed by atoms with E-state index in [1.807, 2.05) is 0 Å². The molecule has 1 fully saturated rings. The van der Waals surface area contributed by atoms with Crippen LogP contribution in [0.4, 0.5) is 0 Å². The average Bonchev–Trinajstić information content (AvgIpc) is 2.55. The molecule has 0 atom stereocenters. The summed E-state index contributed by atoms with van der Waals surface area (Å²) in [7, 11) is 0.